The van der Waals surface area contributed by atoms with E-state index in [2.05, 4.69) is 29.2 Å². The van der Waals surface area contributed by atoms with Crippen molar-refractivity contribution >= 4 is 5.97 Å². The average molecular weight is 530 g/mol. The summed E-state index contributed by atoms with van der Waals surface area (Å²) < 4.78 is 17.8. The van der Waals surface area contributed by atoms with E-state index in [1.165, 1.54) is 25.3 Å². The fourth-order valence-corrected chi connectivity index (χ4v) is 5.45. The number of ether oxygens (including phenoxy) is 3. The van der Waals surface area contributed by atoms with Gasteiger partial charge in [0, 0.05) is 36.1 Å². The summed E-state index contributed by atoms with van der Waals surface area (Å²) in [5.41, 5.74) is 2.24. The third-order valence-corrected chi connectivity index (χ3v) is 7.64. The van der Waals surface area contributed by atoms with E-state index < -0.39 is 5.41 Å². The van der Waals surface area contributed by atoms with Crippen LogP contribution in [0.3, 0.4) is 0 Å². The van der Waals surface area contributed by atoms with E-state index in [1.54, 1.807) is 26.8 Å². The van der Waals surface area contributed by atoms with Crippen LogP contribution in [0.25, 0.3) is 0 Å². The van der Waals surface area contributed by atoms with Gasteiger partial charge >= 0.3 is 5.97 Å². The Morgan fingerprint density at radius 3 is 2.36 bits per heavy atom. The van der Waals surface area contributed by atoms with Crippen molar-refractivity contribution in [1.29, 1.82) is 0 Å². The number of likely N-dealkylation sites (tertiary alicyclic amines) is 1. The molecule has 0 aromatic heterocycles. The molecule has 0 aliphatic carbocycles. The molecule has 1 N–H and O–H groups in total. The molecule has 5 rings (SSSR count). The maximum absolute atomic E-state index is 12.5. The molecule has 2 atom stereocenters. The maximum atomic E-state index is 12.5. The number of fused-ring (bicyclic) bond motifs is 1. The normalized spacial score (nSPS) is 19.6. The summed E-state index contributed by atoms with van der Waals surface area (Å²) in [7, 11) is 0. The summed E-state index contributed by atoms with van der Waals surface area (Å²) in [6.45, 7) is 9.76. The Bertz CT molecular complexity index is 1260. The van der Waals surface area contributed by atoms with E-state index >= 15 is 0 Å². The number of rotatable bonds is 7. The Labute approximate surface area is 231 Å². The molecule has 0 spiro atoms. The number of piperidine rings is 1. The second-order valence-electron chi connectivity index (χ2n) is 11.6. The van der Waals surface area contributed by atoms with Crippen LogP contribution in [0, 0.1) is 5.41 Å². The van der Waals surface area contributed by atoms with Crippen LogP contribution in [0.5, 0.6) is 23.0 Å². The maximum Gasteiger partial charge on any atom is 0.316 e. The third-order valence-electron chi connectivity index (χ3n) is 7.64. The number of hydrogen-bond donors (Lipinski definition) is 1. The molecule has 0 amide bonds. The first-order chi connectivity index (χ1) is 18.8. The molecule has 206 valence electrons. The van der Waals surface area contributed by atoms with Gasteiger partial charge in [0.15, 0.2) is 0 Å². The fraction of sp³-hybridized carbons (Fsp3) is 0.424. The predicted octanol–water partition coefficient (Wildman–Crippen LogP) is 6.52. The van der Waals surface area contributed by atoms with Crippen LogP contribution in [-0.2, 0) is 4.79 Å². The average Bonchev–Trinajstić information content (AvgIpc) is 2.93. The van der Waals surface area contributed by atoms with Crippen LogP contribution in [0.15, 0.2) is 66.7 Å². The zero-order chi connectivity index (χ0) is 27.4. The number of benzene rings is 3. The lowest BCUT2D eigenvalue weighted by Crippen LogP contribution is -2.33. The third kappa shape index (κ3) is 6.39. The van der Waals surface area contributed by atoms with E-state index in [4.69, 9.17) is 14.2 Å². The number of phenols is 1. The van der Waals surface area contributed by atoms with Crippen molar-refractivity contribution in [2.75, 3.05) is 32.8 Å². The molecule has 6 nitrogen and oxygen atoms in total. The molecule has 3 aromatic rings. The van der Waals surface area contributed by atoms with Crippen LogP contribution in [-0.4, -0.2) is 48.8 Å². The number of hydrogen-bond acceptors (Lipinski definition) is 6. The molecular weight excluding hydrogens is 490 g/mol. The number of carbonyl (C=O) groups is 1. The standard InChI is InChI=1S/C33H39NO5/c1-33(2,3)32(36)39-26-20-28(35)31-29(21-26)38-22-27(23-10-6-4-7-11-23)30(31)24-12-14-25(15-13-24)37-19-18-34-16-8-5-9-17-34/h4,6-7,10-15,20-21,27,30,35H,5,8-9,16-19,22H2,1-3H3. The van der Waals surface area contributed by atoms with Gasteiger partial charge in [-0.05, 0) is 70.0 Å². The first-order valence-electron chi connectivity index (χ1n) is 14.0. The smallest absolute Gasteiger partial charge is 0.316 e. The summed E-state index contributed by atoms with van der Waals surface area (Å²) in [6.07, 6.45) is 3.88. The van der Waals surface area contributed by atoms with Gasteiger partial charge in [0.05, 0.1) is 12.0 Å². The summed E-state index contributed by atoms with van der Waals surface area (Å²) in [5.74, 6) is 1.19. The zero-order valence-electron chi connectivity index (χ0n) is 23.2. The van der Waals surface area contributed by atoms with Gasteiger partial charge in [0.2, 0.25) is 0 Å². The van der Waals surface area contributed by atoms with Gasteiger partial charge in [0.25, 0.3) is 0 Å². The van der Waals surface area contributed by atoms with E-state index in [0.717, 1.165) is 36.5 Å². The second-order valence-corrected chi connectivity index (χ2v) is 11.6. The highest BCUT2D eigenvalue weighted by Gasteiger charge is 2.36. The van der Waals surface area contributed by atoms with E-state index in [-0.39, 0.29) is 29.3 Å². The zero-order valence-corrected chi connectivity index (χ0v) is 23.2. The molecule has 0 saturated carbocycles. The quantitative estimate of drug-likeness (QED) is 0.278. The monoisotopic (exact) mass is 529 g/mol. The molecule has 39 heavy (non-hydrogen) atoms. The Balaban J connectivity index is 1.41. The van der Waals surface area contributed by atoms with Crippen molar-refractivity contribution in [2.45, 2.75) is 51.9 Å². The number of aromatic hydroxyl groups is 1. The van der Waals surface area contributed by atoms with Crippen molar-refractivity contribution in [1.82, 2.24) is 4.90 Å². The second kappa shape index (κ2) is 11.7. The minimum absolute atomic E-state index is 0.00144. The van der Waals surface area contributed by atoms with E-state index in [0.29, 0.717) is 24.5 Å². The molecule has 0 radical (unpaired) electrons. The highest BCUT2D eigenvalue weighted by Crippen LogP contribution is 2.51. The molecule has 1 saturated heterocycles. The lowest BCUT2D eigenvalue weighted by Gasteiger charge is -2.35. The molecule has 2 unspecified atom stereocenters. The molecule has 2 aliphatic rings. The summed E-state index contributed by atoms with van der Waals surface area (Å²) in [4.78, 5) is 14.9. The van der Waals surface area contributed by atoms with E-state index in [1.807, 2.05) is 30.3 Å². The van der Waals surface area contributed by atoms with Gasteiger partial charge in [-0.3, -0.25) is 9.69 Å². The largest absolute Gasteiger partial charge is 0.507 e. The first-order valence-corrected chi connectivity index (χ1v) is 14.0. The predicted molar refractivity (Wildman–Crippen MR) is 152 cm³/mol. The molecule has 2 heterocycles. The lowest BCUT2D eigenvalue weighted by atomic mass is 9.75. The van der Waals surface area contributed by atoms with Crippen LogP contribution >= 0.6 is 0 Å². The van der Waals surface area contributed by atoms with Gasteiger partial charge < -0.3 is 19.3 Å². The Kier molecular flexibility index (Phi) is 8.12. The van der Waals surface area contributed by atoms with Crippen LogP contribution < -0.4 is 14.2 Å². The molecule has 0 bridgehead atoms. The number of nitrogens with zero attached hydrogens (tertiary/aromatic N) is 1. The highest BCUT2D eigenvalue weighted by molar-refractivity contribution is 5.78. The SMILES string of the molecule is CC(C)(C)C(=O)Oc1cc(O)c2c(c1)OCC(c1ccccc1)C2c1ccc(OCCN2CCCCC2)cc1. The van der Waals surface area contributed by atoms with E-state index in [9.17, 15) is 9.90 Å². The number of carbonyl (C=O) groups excluding carboxylic acids is 1. The summed E-state index contributed by atoms with van der Waals surface area (Å²) in [6, 6.07) is 21.7. The van der Waals surface area contributed by atoms with Gasteiger partial charge in [-0.25, -0.2) is 0 Å². The lowest BCUT2D eigenvalue weighted by molar-refractivity contribution is -0.143. The first kappa shape index (κ1) is 27.1. The molecule has 2 aliphatic heterocycles. The molecular formula is C33H39NO5. The fourth-order valence-electron chi connectivity index (χ4n) is 5.45. The number of phenolic OH excluding ortho intramolecular Hbond substituents is 1. The highest BCUT2D eigenvalue weighted by atomic mass is 16.5. The minimum atomic E-state index is -0.662. The van der Waals surface area contributed by atoms with Crippen molar-refractivity contribution in [3.05, 3.63) is 83.4 Å². The topological polar surface area (TPSA) is 68.2 Å². The molecule has 6 heteroatoms. The Morgan fingerprint density at radius 1 is 0.949 bits per heavy atom. The van der Waals surface area contributed by atoms with Crippen molar-refractivity contribution in [2.24, 2.45) is 5.41 Å². The Hall–Kier alpha value is -3.51. The molecule has 1 fully saturated rings. The Morgan fingerprint density at radius 2 is 1.67 bits per heavy atom. The van der Waals surface area contributed by atoms with Gasteiger partial charge in [-0.15, -0.1) is 0 Å². The van der Waals surface area contributed by atoms with Crippen LogP contribution in [0.1, 0.15) is 68.6 Å². The van der Waals surface area contributed by atoms with Crippen molar-refractivity contribution in [3.8, 4) is 23.0 Å². The van der Waals surface area contributed by atoms with Crippen LogP contribution in [0.2, 0.25) is 0 Å². The summed E-state index contributed by atoms with van der Waals surface area (Å²) >= 11 is 0. The van der Waals surface area contributed by atoms with Crippen molar-refractivity contribution < 1.29 is 24.1 Å². The minimum Gasteiger partial charge on any atom is -0.507 e. The number of esters is 1. The van der Waals surface area contributed by atoms with Crippen molar-refractivity contribution in [3.63, 3.8) is 0 Å². The summed E-state index contributed by atoms with van der Waals surface area (Å²) in [5, 5.41) is 11.2. The van der Waals surface area contributed by atoms with Gasteiger partial charge in [-0.2, -0.15) is 0 Å². The molecule has 3 aromatic carbocycles. The van der Waals surface area contributed by atoms with Gasteiger partial charge in [-0.1, -0.05) is 48.9 Å². The van der Waals surface area contributed by atoms with Crippen LogP contribution in [0.4, 0.5) is 0 Å². The van der Waals surface area contributed by atoms with Gasteiger partial charge in [0.1, 0.15) is 29.6 Å².